The summed E-state index contributed by atoms with van der Waals surface area (Å²) >= 11 is 1.67. The fourth-order valence-corrected chi connectivity index (χ4v) is 9.43. The normalized spacial score (nSPS) is 57.5. The molecule has 6 fully saturated rings. The number of hydrogen-bond donors (Lipinski definition) is 4. The summed E-state index contributed by atoms with van der Waals surface area (Å²) in [5, 5.41) is 46.1. The molecule has 0 unspecified atom stereocenters. The fourth-order valence-electron chi connectivity index (χ4n) is 8.54. The Morgan fingerprint density at radius 1 is 1.14 bits per heavy atom. The van der Waals surface area contributed by atoms with E-state index in [4.69, 9.17) is 4.74 Å². The van der Waals surface area contributed by atoms with Gasteiger partial charge in [-0.25, -0.2) is 0 Å². The number of Topliss-reactive ketones (excluding diaryl/α,β-unsaturated/α-hetero) is 1. The van der Waals surface area contributed by atoms with Gasteiger partial charge >= 0.3 is 0 Å². The predicted octanol–water partition coefficient (Wildman–Crippen LogP) is 1.19. The molecule has 6 aliphatic rings. The van der Waals surface area contributed by atoms with Crippen LogP contribution in [-0.4, -0.2) is 68.4 Å². The third kappa shape index (κ3) is 2.06. The zero-order valence-corrected chi connectivity index (χ0v) is 18.3. The summed E-state index contributed by atoms with van der Waals surface area (Å²) in [6, 6.07) is 0. The van der Waals surface area contributed by atoms with E-state index in [0.717, 1.165) is 12.2 Å². The van der Waals surface area contributed by atoms with Gasteiger partial charge < -0.3 is 25.2 Å². The number of thioether (sulfide) groups is 1. The number of fused-ring (bicyclic) bond motifs is 2. The first-order valence-electron chi connectivity index (χ1n) is 11.1. The molecule has 0 amide bonds. The zero-order valence-electron chi connectivity index (χ0n) is 17.5. The molecular formula is C22H34O6S. The van der Waals surface area contributed by atoms with Gasteiger partial charge in [0.2, 0.25) is 5.79 Å². The Morgan fingerprint density at radius 2 is 1.86 bits per heavy atom. The molecule has 4 aliphatic carbocycles. The van der Waals surface area contributed by atoms with Crippen molar-refractivity contribution in [3.05, 3.63) is 0 Å². The summed E-state index contributed by atoms with van der Waals surface area (Å²) < 4.78 is 5.94. The van der Waals surface area contributed by atoms with Crippen LogP contribution >= 0.6 is 11.8 Å². The zero-order chi connectivity index (χ0) is 21.0. The van der Waals surface area contributed by atoms with Crippen molar-refractivity contribution in [3.63, 3.8) is 0 Å². The van der Waals surface area contributed by atoms with Gasteiger partial charge in [-0.3, -0.25) is 4.79 Å². The minimum absolute atomic E-state index is 0.126. The molecular weight excluding hydrogens is 392 g/mol. The van der Waals surface area contributed by atoms with E-state index in [1.165, 1.54) is 0 Å². The van der Waals surface area contributed by atoms with Crippen LogP contribution in [0.25, 0.3) is 0 Å². The number of aliphatic hydroxyl groups is 4. The molecule has 0 radical (unpaired) electrons. The number of ketones is 1. The minimum Gasteiger partial charge on any atom is -0.392 e. The lowest BCUT2D eigenvalue weighted by Gasteiger charge is -2.74. The molecule has 2 spiro atoms. The molecule has 0 aromatic rings. The van der Waals surface area contributed by atoms with Gasteiger partial charge in [0, 0.05) is 23.0 Å². The fraction of sp³-hybridized carbons (Fsp3) is 0.955. The topological polar surface area (TPSA) is 107 Å². The van der Waals surface area contributed by atoms with Gasteiger partial charge in [-0.05, 0) is 48.7 Å². The van der Waals surface area contributed by atoms with Crippen molar-refractivity contribution in [2.75, 3.05) is 18.1 Å². The first kappa shape index (κ1) is 20.7. The maximum Gasteiger partial charge on any atom is 0.208 e. The molecule has 4 bridgehead atoms. The van der Waals surface area contributed by atoms with Gasteiger partial charge in [0.25, 0.3) is 0 Å². The number of hydrogen-bond acceptors (Lipinski definition) is 7. The minimum atomic E-state index is -2.10. The smallest absolute Gasteiger partial charge is 0.208 e. The Hall–Kier alpha value is -0.180. The van der Waals surface area contributed by atoms with Crippen molar-refractivity contribution in [2.24, 2.45) is 39.9 Å². The van der Waals surface area contributed by atoms with E-state index in [9.17, 15) is 25.2 Å². The second kappa shape index (κ2) is 6.20. The number of aliphatic hydroxyl groups excluding tert-OH is 3. The van der Waals surface area contributed by atoms with E-state index >= 15 is 0 Å². The van der Waals surface area contributed by atoms with Gasteiger partial charge in [0.1, 0.15) is 11.5 Å². The Labute approximate surface area is 176 Å². The molecule has 164 valence electrons. The molecule has 0 aromatic heterocycles. The molecule has 2 aliphatic heterocycles. The SMILES string of the molecule is CCSC[C@H]1C(=O)[C@]23[C@H](O)[C@H]1CC[C@H]2[C@@]12CO[C@]3(O)[C@@H](O)[C@@H]1C(C)(C)CC[C@@H]2O. The van der Waals surface area contributed by atoms with Crippen molar-refractivity contribution in [1.29, 1.82) is 0 Å². The van der Waals surface area contributed by atoms with E-state index in [2.05, 4.69) is 13.8 Å². The van der Waals surface area contributed by atoms with Crippen LogP contribution in [0.2, 0.25) is 0 Å². The Bertz CT molecular complexity index is 728. The highest BCUT2D eigenvalue weighted by Crippen LogP contribution is 2.76. The Balaban J connectivity index is 1.71. The molecule has 4 saturated carbocycles. The highest BCUT2D eigenvalue weighted by molar-refractivity contribution is 7.99. The third-order valence-electron chi connectivity index (χ3n) is 9.58. The van der Waals surface area contributed by atoms with Gasteiger partial charge in [0.05, 0.1) is 18.8 Å². The first-order chi connectivity index (χ1) is 13.6. The number of ether oxygens (including phenoxy) is 1. The molecule has 0 aromatic carbocycles. The maximum absolute atomic E-state index is 13.9. The average Bonchev–Trinajstić information content (AvgIpc) is 2.78. The van der Waals surface area contributed by atoms with Crippen LogP contribution in [0.1, 0.15) is 46.5 Å². The van der Waals surface area contributed by atoms with Crippen LogP contribution < -0.4 is 0 Å². The van der Waals surface area contributed by atoms with E-state index in [-0.39, 0.29) is 41.5 Å². The van der Waals surface area contributed by atoms with Crippen LogP contribution in [0.3, 0.4) is 0 Å². The van der Waals surface area contributed by atoms with Crippen LogP contribution in [0.4, 0.5) is 0 Å². The standard InChI is InChI=1S/C22H34O6S/c1-4-29-9-12-11-5-6-13-20-10-28-22(27,21(13,16(11)24)17(12)25)18(26)15(20)19(2,3)8-7-14(20)23/h11-16,18,23-24,26-27H,4-10H2,1-3H3/t11-,12+,13-,14-,15+,16+,18-,20+,21+,22+/m0/s1. The van der Waals surface area contributed by atoms with Crippen LogP contribution in [0.15, 0.2) is 0 Å². The molecule has 7 heteroatoms. The maximum atomic E-state index is 13.9. The number of rotatable bonds is 3. The van der Waals surface area contributed by atoms with E-state index in [1.807, 2.05) is 6.92 Å². The van der Waals surface area contributed by atoms with Crippen molar-refractivity contribution >= 4 is 17.5 Å². The van der Waals surface area contributed by atoms with Crippen molar-refractivity contribution < 1.29 is 30.0 Å². The van der Waals surface area contributed by atoms with Crippen LogP contribution in [0, 0.1) is 39.9 Å². The second-order valence-corrected chi connectivity index (χ2v) is 12.1. The molecule has 2 saturated heterocycles. The largest absolute Gasteiger partial charge is 0.392 e. The average molecular weight is 427 g/mol. The van der Waals surface area contributed by atoms with Gasteiger partial charge in [-0.1, -0.05) is 20.8 Å². The molecule has 4 N–H and O–H groups in total. The summed E-state index contributed by atoms with van der Waals surface area (Å²) in [6.07, 6.45) is -0.387. The summed E-state index contributed by atoms with van der Waals surface area (Å²) in [4.78, 5) is 13.9. The molecule has 29 heavy (non-hydrogen) atoms. The highest BCUT2D eigenvalue weighted by atomic mass is 32.2. The quantitative estimate of drug-likeness (QED) is 0.537. The van der Waals surface area contributed by atoms with Crippen molar-refractivity contribution in [3.8, 4) is 0 Å². The molecule has 6 rings (SSSR count). The summed E-state index contributed by atoms with van der Waals surface area (Å²) in [5.41, 5.74) is -2.67. The van der Waals surface area contributed by atoms with Gasteiger partial charge in [-0.15, -0.1) is 0 Å². The number of carbonyl (C=O) groups is 1. The molecule has 2 heterocycles. The Kier molecular flexibility index (Phi) is 4.43. The third-order valence-corrected chi connectivity index (χ3v) is 10.6. The monoisotopic (exact) mass is 426 g/mol. The summed E-state index contributed by atoms with van der Waals surface area (Å²) in [6.45, 7) is 6.32. The first-order valence-corrected chi connectivity index (χ1v) is 12.3. The Morgan fingerprint density at radius 3 is 2.55 bits per heavy atom. The molecule has 6 nitrogen and oxygen atoms in total. The highest BCUT2D eigenvalue weighted by Gasteiger charge is 2.87. The van der Waals surface area contributed by atoms with Crippen LogP contribution in [-0.2, 0) is 9.53 Å². The second-order valence-electron chi connectivity index (χ2n) is 10.8. The van der Waals surface area contributed by atoms with Crippen molar-refractivity contribution in [2.45, 2.75) is 70.6 Å². The van der Waals surface area contributed by atoms with Crippen LogP contribution in [0.5, 0.6) is 0 Å². The van der Waals surface area contributed by atoms with Gasteiger partial charge in [0.15, 0.2) is 5.78 Å². The lowest BCUT2D eigenvalue weighted by atomic mass is 9.35. The van der Waals surface area contributed by atoms with Gasteiger partial charge in [-0.2, -0.15) is 11.8 Å². The number of carbonyl (C=O) groups excluding carboxylic acids is 1. The lowest BCUT2D eigenvalue weighted by molar-refractivity contribution is -0.458. The van der Waals surface area contributed by atoms with E-state index in [1.54, 1.807) is 11.8 Å². The van der Waals surface area contributed by atoms with Crippen molar-refractivity contribution in [1.82, 2.24) is 0 Å². The lowest BCUT2D eigenvalue weighted by Crippen LogP contribution is -2.85. The summed E-state index contributed by atoms with van der Waals surface area (Å²) in [7, 11) is 0. The van der Waals surface area contributed by atoms with E-state index < -0.39 is 34.9 Å². The predicted molar refractivity (Wildman–Crippen MR) is 108 cm³/mol. The van der Waals surface area contributed by atoms with E-state index in [0.29, 0.717) is 25.0 Å². The molecule has 10 atom stereocenters. The summed E-state index contributed by atoms with van der Waals surface area (Å²) in [5.74, 6) is -2.09.